The fourth-order valence-corrected chi connectivity index (χ4v) is 4.17. The molecule has 8 heteroatoms. The van der Waals surface area contributed by atoms with Crippen LogP contribution < -0.4 is 4.72 Å². The van der Waals surface area contributed by atoms with Gasteiger partial charge in [0.15, 0.2) is 5.78 Å². The molecule has 0 saturated carbocycles. The summed E-state index contributed by atoms with van der Waals surface area (Å²) in [6, 6.07) is 12.9. The number of sulfonamides is 1. The van der Waals surface area contributed by atoms with Crippen molar-refractivity contribution in [1.82, 2.24) is 9.97 Å². The van der Waals surface area contributed by atoms with E-state index < -0.39 is 10.0 Å². The molecule has 1 aromatic heterocycles. The first-order valence-corrected chi connectivity index (χ1v) is 12.3. The molecule has 0 bridgehead atoms. The molecular formula is C25H25N3O4S. The van der Waals surface area contributed by atoms with E-state index in [1.54, 1.807) is 18.2 Å². The van der Waals surface area contributed by atoms with Gasteiger partial charge in [0.2, 0.25) is 10.0 Å². The molecule has 3 aromatic rings. The molecule has 2 aromatic carbocycles. The van der Waals surface area contributed by atoms with Crippen molar-refractivity contribution >= 4 is 38.0 Å². The predicted octanol–water partition coefficient (Wildman–Crippen LogP) is 4.76. The van der Waals surface area contributed by atoms with Crippen molar-refractivity contribution in [2.45, 2.75) is 32.6 Å². The average Bonchev–Trinajstić information content (AvgIpc) is 2.71. The van der Waals surface area contributed by atoms with Crippen molar-refractivity contribution in [1.29, 1.82) is 0 Å². The van der Waals surface area contributed by atoms with Gasteiger partial charge in [-0.2, -0.15) is 0 Å². The molecule has 0 radical (unpaired) electrons. The Balaban J connectivity index is 1.84. The Hall–Kier alpha value is -3.52. The van der Waals surface area contributed by atoms with Crippen molar-refractivity contribution in [3.63, 3.8) is 0 Å². The quantitative estimate of drug-likeness (QED) is 0.577. The number of aliphatic hydroxyl groups excluding tert-OH is 1. The number of carbonyl (C=O) groups is 1. The average molecular weight is 464 g/mol. The first kappa shape index (κ1) is 22.7. The normalized spacial score (nSPS) is 14.7. The Morgan fingerprint density at radius 1 is 0.970 bits per heavy atom. The maximum atomic E-state index is 11.7. The van der Waals surface area contributed by atoms with Crippen molar-refractivity contribution in [3.8, 4) is 11.1 Å². The van der Waals surface area contributed by atoms with Crippen LogP contribution in [0.5, 0.6) is 0 Å². The third-order valence-electron chi connectivity index (χ3n) is 5.23. The molecule has 1 heterocycles. The van der Waals surface area contributed by atoms with Gasteiger partial charge in [-0.3, -0.25) is 9.52 Å². The Morgan fingerprint density at radius 2 is 1.64 bits per heavy atom. The van der Waals surface area contributed by atoms with Gasteiger partial charge >= 0.3 is 0 Å². The number of nitrogens with one attached hydrogen (secondary N) is 1. The van der Waals surface area contributed by atoms with E-state index in [4.69, 9.17) is 9.97 Å². The van der Waals surface area contributed by atoms with Crippen LogP contribution >= 0.6 is 0 Å². The van der Waals surface area contributed by atoms with Crippen LogP contribution in [0.4, 0.5) is 5.69 Å². The van der Waals surface area contributed by atoms with Crippen molar-refractivity contribution in [2.75, 3.05) is 11.0 Å². The molecule has 7 nitrogen and oxygen atoms in total. The molecular weight excluding hydrogens is 438 g/mol. The van der Waals surface area contributed by atoms with Crippen LogP contribution in [-0.2, 0) is 20.2 Å². The molecule has 0 aliphatic heterocycles. The van der Waals surface area contributed by atoms with Gasteiger partial charge in [-0.05, 0) is 47.5 Å². The number of nitrogens with zero attached hydrogens (tertiary/aromatic N) is 2. The highest BCUT2D eigenvalue weighted by Gasteiger charge is 2.23. The summed E-state index contributed by atoms with van der Waals surface area (Å²) in [5.74, 6) is 0.475. The van der Waals surface area contributed by atoms with E-state index in [0.717, 1.165) is 22.8 Å². The largest absolute Gasteiger partial charge is 0.511 e. The molecule has 0 fully saturated rings. The molecule has 170 valence electrons. The van der Waals surface area contributed by atoms with Crippen molar-refractivity contribution in [2.24, 2.45) is 0 Å². The van der Waals surface area contributed by atoms with Crippen molar-refractivity contribution < 1.29 is 18.3 Å². The summed E-state index contributed by atoms with van der Waals surface area (Å²) in [4.78, 5) is 21.2. The molecule has 1 aliphatic carbocycles. The molecule has 2 N–H and O–H groups in total. The number of ketones is 1. The van der Waals surface area contributed by atoms with E-state index in [-0.39, 0.29) is 23.4 Å². The Morgan fingerprint density at radius 3 is 2.24 bits per heavy atom. The van der Waals surface area contributed by atoms with Crippen LogP contribution in [-0.4, -0.2) is 35.5 Å². The van der Waals surface area contributed by atoms with E-state index in [1.807, 2.05) is 51.1 Å². The number of benzene rings is 2. The monoisotopic (exact) mass is 463 g/mol. The molecule has 4 rings (SSSR count). The number of anilines is 1. The minimum absolute atomic E-state index is 0.000371. The molecule has 0 atom stereocenters. The fourth-order valence-electron chi connectivity index (χ4n) is 3.60. The van der Waals surface area contributed by atoms with Crippen LogP contribution in [0.2, 0.25) is 0 Å². The maximum Gasteiger partial charge on any atom is 0.229 e. The molecule has 33 heavy (non-hydrogen) atoms. The molecule has 0 amide bonds. The first-order valence-electron chi connectivity index (χ1n) is 10.4. The zero-order chi connectivity index (χ0) is 24.0. The Labute approximate surface area is 193 Å². The summed E-state index contributed by atoms with van der Waals surface area (Å²) in [6.07, 6.45) is 4.13. The van der Waals surface area contributed by atoms with Gasteiger partial charge in [-0.15, -0.1) is 0 Å². The van der Waals surface area contributed by atoms with Crippen LogP contribution in [0.25, 0.3) is 27.6 Å². The number of aliphatic hydroxyl groups is 1. The number of hydrogen-bond donors (Lipinski definition) is 2. The molecule has 0 saturated heterocycles. The predicted molar refractivity (Wildman–Crippen MR) is 130 cm³/mol. The van der Waals surface area contributed by atoms with Gasteiger partial charge in [0.1, 0.15) is 11.6 Å². The molecule has 0 spiro atoms. The second-order valence-electron chi connectivity index (χ2n) is 9.17. The Bertz CT molecular complexity index is 1430. The van der Waals surface area contributed by atoms with Crippen molar-refractivity contribution in [3.05, 3.63) is 71.9 Å². The number of carbonyl (C=O) groups excluding carboxylic acids is 1. The van der Waals surface area contributed by atoms with Gasteiger partial charge < -0.3 is 5.11 Å². The lowest BCUT2D eigenvalue weighted by atomic mass is 9.93. The summed E-state index contributed by atoms with van der Waals surface area (Å²) in [5, 5.41) is 11.2. The minimum atomic E-state index is -3.34. The number of rotatable bonds is 4. The summed E-state index contributed by atoms with van der Waals surface area (Å²) in [7, 11) is -3.34. The van der Waals surface area contributed by atoms with Crippen LogP contribution in [0, 0.1) is 0 Å². The number of allylic oxidation sites excluding steroid dienone is 4. The highest BCUT2D eigenvalue weighted by molar-refractivity contribution is 7.92. The minimum Gasteiger partial charge on any atom is -0.511 e. The standard InChI is InChI=1S/C25H25N3O4S/c1-25(2,3)24-26-21-13-16(15-5-8-17(9-6-15)28-33(4,31)32)7-11-19(21)23(27-24)20-12-10-18(29)14-22(20)30/h5-13,28,30H,14H2,1-4H3. The zero-order valence-corrected chi connectivity index (χ0v) is 19.7. The van der Waals surface area contributed by atoms with Crippen LogP contribution in [0.1, 0.15) is 38.7 Å². The summed E-state index contributed by atoms with van der Waals surface area (Å²) in [5.41, 5.74) is 3.79. The summed E-state index contributed by atoms with van der Waals surface area (Å²) < 4.78 is 25.4. The second-order valence-corrected chi connectivity index (χ2v) is 10.9. The van der Waals surface area contributed by atoms with E-state index >= 15 is 0 Å². The number of fused-ring (bicyclic) bond motifs is 1. The van der Waals surface area contributed by atoms with E-state index in [9.17, 15) is 18.3 Å². The first-order chi connectivity index (χ1) is 15.4. The lowest BCUT2D eigenvalue weighted by Gasteiger charge is -2.20. The van der Waals surface area contributed by atoms with E-state index in [2.05, 4.69) is 4.72 Å². The SMILES string of the molecule is CC(C)(C)c1nc(C2=C(O)CC(=O)C=C2)c2ccc(-c3ccc(NS(C)(=O)=O)cc3)cc2n1. The maximum absolute atomic E-state index is 11.7. The highest BCUT2D eigenvalue weighted by atomic mass is 32.2. The lowest BCUT2D eigenvalue weighted by molar-refractivity contribution is -0.114. The van der Waals surface area contributed by atoms with E-state index in [0.29, 0.717) is 28.3 Å². The topological polar surface area (TPSA) is 109 Å². The summed E-state index contributed by atoms with van der Waals surface area (Å²) >= 11 is 0. The molecule has 0 unspecified atom stereocenters. The number of hydrogen-bond acceptors (Lipinski definition) is 6. The lowest BCUT2D eigenvalue weighted by Crippen LogP contribution is -2.17. The second kappa shape index (κ2) is 8.12. The van der Waals surface area contributed by atoms with Gasteiger partial charge in [0, 0.05) is 22.1 Å². The van der Waals surface area contributed by atoms with E-state index in [1.165, 1.54) is 6.08 Å². The van der Waals surface area contributed by atoms with Gasteiger partial charge in [0.25, 0.3) is 0 Å². The van der Waals surface area contributed by atoms with Crippen LogP contribution in [0.3, 0.4) is 0 Å². The Kier molecular flexibility index (Phi) is 5.57. The summed E-state index contributed by atoms with van der Waals surface area (Å²) in [6.45, 7) is 6.05. The molecule has 1 aliphatic rings. The third kappa shape index (κ3) is 4.96. The van der Waals surface area contributed by atoms with Crippen LogP contribution in [0.15, 0.2) is 60.4 Å². The van der Waals surface area contributed by atoms with Gasteiger partial charge in [0.05, 0.1) is 23.9 Å². The van der Waals surface area contributed by atoms with Gasteiger partial charge in [-0.25, -0.2) is 18.4 Å². The van der Waals surface area contributed by atoms with Gasteiger partial charge in [-0.1, -0.05) is 39.0 Å². The fraction of sp³-hybridized carbons (Fsp3) is 0.240. The highest BCUT2D eigenvalue weighted by Crippen LogP contribution is 2.33. The number of aromatic nitrogens is 2. The third-order valence-corrected chi connectivity index (χ3v) is 5.84. The zero-order valence-electron chi connectivity index (χ0n) is 18.9. The smallest absolute Gasteiger partial charge is 0.229 e.